The molecular formula is C14H21NO3S. The van der Waals surface area contributed by atoms with Crippen molar-refractivity contribution in [1.29, 1.82) is 0 Å². The summed E-state index contributed by atoms with van der Waals surface area (Å²) in [7, 11) is 0. The molecule has 0 bridgehead atoms. The Morgan fingerprint density at radius 1 is 1.63 bits per heavy atom. The zero-order chi connectivity index (χ0) is 14.2. The Hall–Kier alpha value is -0.910. The smallest absolute Gasteiger partial charge is 0.325 e. The average Bonchev–Trinajstić information content (AvgIpc) is 2.75. The second kappa shape index (κ2) is 5.23. The van der Waals surface area contributed by atoms with E-state index in [1.807, 2.05) is 30.2 Å². The van der Waals surface area contributed by atoms with Gasteiger partial charge in [-0.05, 0) is 36.3 Å². The van der Waals surface area contributed by atoms with Crippen LogP contribution in [0, 0.1) is 5.92 Å². The lowest BCUT2D eigenvalue weighted by atomic mass is 9.89. The molecule has 0 saturated heterocycles. The molecule has 0 aromatic carbocycles. The van der Waals surface area contributed by atoms with Crippen molar-refractivity contribution in [2.45, 2.75) is 38.8 Å². The number of fused-ring (bicyclic) bond motifs is 1. The number of aliphatic hydroxyl groups is 1. The highest BCUT2D eigenvalue weighted by atomic mass is 32.1. The molecule has 1 aromatic heterocycles. The standard InChI is InChI=1S/C14H21NO3S/c1-9(2)14(3,18)8-15-6-4-11-10(5-7-19-11)12(15)13(16)17/h5,7,9,12,18H,4,6,8H2,1-3H3,(H,16,17). The molecule has 0 spiro atoms. The fraction of sp³-hybridized carbons (Fsp3) is 0.643. The van der Waals surface area contributed by atoms with Gasteiger partial charge in [-0.3, -0.25) is 9.69 Å². The van der Waals surface area contributed by atoms with Crippen molar-refractivity contribution in [3.8, 4) is 0 Å². The highest BCUT2D eigenvalue weighted by Gasteiger charge is 2.38. The molecule has 2 atom stereocenters. The molecule has 2 N–H and O–H groups in total. The summed E-state index contributed by atoms with van der Waals surface area (Å²) in [5, 5.41) is 21.8. The van der Waals surface area contributed by atoms with Crippen LogP contribution in [0.1, 0.15) is 37.3 Å². The van der Waals surface area contributed by atoms with Crippen LogP contribution in [0.5, 0.6) is 0 Å². The van der Waals surface area contributed by atoms with E-state index in [1.54, 1.807) is 18.3 Å². The van der Waals surface area contributed by atoms with E-state index in [1.165, 1.54) is 0 Å². The van der Waals surface area contributed by atoms with Crippen LogP contribution in [-0.4, -0.2) is 39.8 Å². The van der Waals surface area contributed by atoms with Crippen LogP contribution < -0.4 is 0 Å². The van der Waals surface area contributed by atoms with Crippen molar-refractivity contribution in [2.24, 2.45) is 5.92 Å². The Balaban J connectivity index is 2.25. The average molecular weight is 283 g/mol. The topological polar surface area (TPSA) is 60.8 Å². The summed E-state index contributed by atoms with van der Waals surface area (Å²) < 4.78 is 0. The lowest BCUT2D eigenvalue weighted by molar-refractivity contribution is -0.145. The first kappa shape index (κ1) is 14.5. The number of aliphatic carboxylic acids is 1. The predicted octanol–water partition coefficient (Wildman–Crippen LogP) is 2.14. The fourth-order valence-corrected chi connectivity index (χ4v) is 3.33. The van der Waals surface area contributed by atoms with Crippen molar-refractivity contribution < 1.29 is 15.0 Å². The van der Waals surface area contributed by atoms with E-state index < -0.39 is 17.6 Å². The molecular weight excluding hydrogens is 262 g/mol. The SMILES string of the molecule is CC(C)C(C)(O)CN1CCc2sccc2C1C(=O)O. The van der Waals surface area contributed by atoms with Gasteiger partial charge in [-0.25, -0.2) is 0 Å². The number of rotatable bonds is 4. The maximum Gasteiger partial charge on any atom is 0.325 e. The van der Waals surface area contributed by atoms with Crippen LogP contribution in [0.25, 0.3) is 0 Å². The lowest BCUT2D eigenvalue weighted by Crippen LogP contribution is -2.49. The molecule has 2 rings (SSSR count). The summed E-state index contributed by atoms with van der Waals surface area (Å²) >= 11 is 1.62. The van der Waals surface area contributed by atoms with Gasteiger partial charge in [0.2, 0.25) is 0 Å². The molecule has 1 aromatic rings. The van der Waals surface area contributed by atoms with Gasteiger partial charge in [0.25, 0.3) is 0 Å². The number of thiophene rings is 1. The van der Waals surface area contributed by atoms with Crippen LogP contribution in [0.4, 0.5) is 0 Å². The first-order valence-corrected chi connectivity index (χ1v) is 7.46. The van der Waals surface area contributed by atoms with E-state index in [9.17, 15) is 15.0 Å². The van der Waals surface area contributed by atoms with Crippen molar-refractivity contribution >= 4 is 17.3 Å². The molecule has 0 radical (unpaired) electrons. The first-order chi connectivity index (χ1) is 8.83. The number of nitrogens with zero attached hydrogens (tertiary/aromatic N) is 1. The number of carboxylic acid groups (broad SMARTS) is 1. The van der Waals surface area contributed by atoms with Crippen LogP contribution >= 0.6 is 11.3 Å². The zero-order valence-corrected chi connectivity index (χ0v) is 12.4. The maximum atomic E-state index is 11.6. The molecule has 1 aliphatic rings. The molecule has 19 heavy (non-hydrogen) atoms. The highest BCUT2D eigenvalue weighted by molar-refractivity contribution is 7.10. The second-order valence-electron chi connectivity index (χ2n) is 5.77. The lowest BCUT2D eigenvalue weighted by Gasteiger charge is -2.39. The minimum absolute atomic E-state index is 0.0887. The molecule has 5 heteroatoms. The molecule has 4 nitrogen and oxygen atoms in total. The number of carbonyl (C=O) groups is 1. The third-order valence-electron chi connectivity index (χ3n) is 4.07. The number of hydrogen-bond acceptors (Lipinski definition) is 4. The molecule has 0 aliphatic carbocycles. The monoisotopic (exact) mass is 283 g/mol. The van der Waals surface area contributed by atoms with Gasteiger partial charge in [-0.1, -0.05) is 13.8 Å². The third-order valence-corrected chi connectivity index (χ3v) is 5.06. The first-order valence-electron chi connectivity index (χ1n) is 6.58. The number of carboxylic acids is 1. The quantitative estimate of drug-likeness (QED) is 0.889. The normalized spacial score (nSPS) is 23.1. The largest absolute Gasteiger partial charge is 0.480 e. The Kier molecular flexibility index (Phi) is 3.99. The van der Waals surface area contributed by atoms with Gasteiger partial charge in [-0.2, -0.15) is 0 Å². The molecule has 1 aliphatic heterocycles. The Labute approximate surface area is 117 Å². The molecule has 106 valence electrons. The Bertz CT molecular complexity index is 467. The van der Waals surface area contributed by atoms with Crippen molar-refractivity contribution in [3.05, 3.63) is 21.9 Å². The molecule has 2 unspecified atom stereocenters. The summed E-state index contributed by atoms with van der Waals surface area (Å²) in [5.41, 5.74) is 0.0182. The third kappa shape index (κ3) is 2.83. The Morgan fingerprint density at radius 2 is 2.32 bits per heavy atom. The number of hydrogen-bond donors (Lipinski definition) is 2. The molecule has 0 saturated carbocycles. The zero-order valence-electron chi connectivity index (χ0n) is 11.6. The summed E-state index contributed by atoms with van der Waals surface area (Å²) in [6, 6.07) is 1.27. The van der Waals surface area contributed by atoms with Gasteiger partial charge < -0.3 is 10.2 Å². The van der Waals surface area contributed by atoms with Crippen LogP contribution in [0.2, 0.25) is 0 Å². The summed E-state index contributed by atoms with van der Waals surface area (Å²) in [6.07, 6.45) is 0.866. The highest BCUT2D eigenvalue weighted by Crippen LogP contribution is 2.35. The van der Waals surface area contributed by atoms with E-state index in [0.717, 1.165) is 16.9 Å². The number of β-amino-alcohol motifs (C(OH)–C–C–N with tert-alkyl or cyclic N) is 1. The molecule has 0 amide bonds. The van der Waals surface area contributed by atoms with Crippen LogP contribution in [0.3, 0.4) is 0 Å². The molecule has 2 heterocycles. The van der Waals surface area contributed by atoms with Gasteiger partial charge in [0.15, 0.2) is 0 Å². The second-order valence-corrected chi connectivity index (χ2v) is 6.77. The maximum absolute atomic E-state index is 11.6. The van der Waals surface area contributed by atoms with Crippen molar-refractivity contribution in [1.82, 2.24) is 4.90 Å². The van der Waals surface area contributed by atoms with E-state index >= 15 is 0 Å². The fourth-order valence-electron chi connectivity index (χ4n) is 2.42. The van der Waals surface area contributed by atoms with E-state index in [0.29, 0.717) is 13.1 Å². The molecule has 0 fully saturated rings. The Morgan fingerprint density at radius 3 is 2.89 bits per heavy atom. The summed E-state index contributed by atoms with van der Waals surface area (Å²) in [6.45, 7) is 6.76. The van der Waals surface area contributed by atoms with Crippen LogP contribution in [0.15, 0.2) is 11.4 Å². The van der Waals surface area contributed by atoms with Crippen molar-refractivity contribution in [2.75, 3.05) is 13.1 Å². The van der Waals surface area contributed by atoms with E-state index in [-0.39, 0.29) is 5.92 Å². The minimum Gasteiger partial charge on any atom is -0.480 e. The van der Waals surface area contributed by atoms with E-state index in [4.69, 9.17) is 0 Å². The van der Waals surface area contributed by atoms with Gasteiger partial charge in [0.1, 0.15) is 6.04 Å². The van der Waals surface area contributed by atoms with Crippen molar-refractivity contribution in [3.63, 3.8) is 0 Å². The van der Waals surface area contributed by atoms with Gasteiger partial charge >= 0.3 is 5.97 Å². The van der Waals surface area contributed by atoms with E-state index in [2.05, 4.69) is 0 Å². The van der Waals surface area contributed by atoms with Gasteiger partial charge in [-0.15, -0.1) is 11.3 Å². The minimum atomic E-state index is -0.874. The van der Waals surface area contributed by atoms with Gasteiger partial charge in [0.05, 0.1) is 5.60 Å². The predicted molar refractivity (Wildman–Crippen MR) is 75.4 cm³/mol. The summed E-state index contributed by atoms with van der Waals surface area (Å²) in [4.78, 5) is 14.6. The summed E-state index contributed by atoms with van der Waals surface area (Å²) in [5.74, 6) is -0.746. The van der Waals surface area contributed by atoms with Crippen LogP contribution in [-0.2, 0) is 11.2 Å². The van der Waals surface area contributed by atoms with Gasteiger partial charge in [0, 0.05) is 18.0 Å².